The fourth-order valence-electron chi connectivity index (χ4n) is 8.11. The van der Waals surface area contributed by atoms with Gasteiger partial charge in [-0.05, 0) is 78.4 Å². The molecule has 0 heterocycles. The molecule has 0 aromatic carbocycles. The Morgan fingerprint density at radius 1 is 0.826 bits per heavy atom. The van der Waals surface area contributed by atoms with E-state index in [1.54, 1.807) is 0 Å². The van der Waals surface area contributed by atoms with Gasteiger partial charge >= 0.3 is 0 Å². The van der Waals surface area contributed by atoms with Crippen LogP contribution in [0.15, 0.2) is 0 Å². The average Bonchev–Trinajstić information content (AvgIpc) is 2.45. The summed E-state index contributed by atoms with van der Waals surface area (Å²) >= 11 is 0. The molecule has 0 saturated heterocycles. The Labute approximate surface area is 146 Å². The zero-order chi connectivity index (χ0) is 16.9. The summed E-state index contributed by atoms with van der Waals surface area (Å²) in [5, 5.41) is 0. The minimum Gasteiger partial charge on any atom is -0.0654 e. The number of unbranched alkanes of at least 4 members (excludes halogenated alkanes) is 1. The molecule has 0 bridgehead atoms. The molecule has 134 valence electrons. The molecule has 0 spiro atoms. The van der Waals surface area contributed by atoms with Gasteiger partial charge in [-0.15, -0.1) is 0 Å². The van der Waals surface area contributed by atoms with Gasteiger partial charge < -0.3 is 0 Å². The van der Waals surface area contributed by atoms with E-state index < -0.39 is 0 Å². The van der Waals surface area contributed by atoms with E-state index in [4.69, 9.17) is 0 Å². The first kappa shape index (κ1) is 17.8. The van der Waals surface area contributed by atoms with Crippen molar-refractivity contribution < 1.29 is 0 Å². The number of rotatable bonds is 3. The molecule has 3 fully saturated rings. The fraction of sp³-hybridized carbons (Fsp3) is 1.00. The number of hydrogen-bond donors (Lipinski definition) is 0. The molecule has 23 heavy (non-hydrogen) atoms. The van der Waals surface area contributed by atoms with Gasteiger partial charge in [0, 0.05) is 0 Å². The van der Waals surface area contributed by atoms with Crippen LogP contribution in [0.2, 0.25) is 0 Å². The van der Waals surface area contributed by atoms with E-state index in [0.29, 0.717) is 16.2 Å². The maximum atomic E-state index is 2.72. The quantitative estimate of drug-likeness (QED) is 0.506. The van der Waals surface area contributed by atoms with Gasteiger partial charge in [0.2, 0.25) is 0 Å². The van der Waals surface area contributed by atoms with Gasteiger partial charge in [-0.3, -0.25) is 0 Å². The molecule has 0 unspecified atom stereocenters. The van der Waals surface area contributed by atoms with Gasteiger partial charge in [0.1, 0.15) is 0 Å². The molecule has 3 aliphatic rings. The monoisotopic (exact) mass is 318 g/mol. The smallest absolute Gasteiger partial charge is 0.0259 e. The average molecular weight is 319 g/mol. The molecular weight excluding hydrogens is 276 g/mol. The van der Waals surface area contributed by atoms with Crippen LogP contribution in [0.1, 0.15) is 106 Å². The first-order valence-electron chi connectivity index (χ1n) is 10.8. The lowest BCUT2D eigenvalue weighted by Crippen LogP contribution is -2.59. The molecule has 3 rings (SSSR count). The minimum absolute atomic E-state index is 0.580. The number of fused-ring (bicyclic) bond motifs is 3. The minimum atomic E-state index is 0.580. The van der Waals surface area contributed by atoms with Crippen molar-refractivity contribution >= 4 is 0 Å². The fourth-order valence-corrected chi connectivity index (χ4v) is 8.11. The molecular formula is C23H42. The van der Waals surface area contributed by atoms with Crippen molar-refractivity contribution in [3.05, 3.63) is 0 Å². The standard InChI is InChI=1S/C23H42/c1-7-8-10-18-17(2)11-12-20-22(18,5)16-13-19-21(3,4)14-9-15-23(19,20)6/h17-20H,7-16H2,1-6H3/t17-,18-,19+,20+,22+,23+/m1/s1. The van der Waals surface area contributed by atoms with Gasteiger partial charge in [-0.2, -0.15) is 0 Å². The SMILES string of the molecule is CCCC[C@@H]1[C@H](C)CC[C@H]2[C@@]1(C)CC[C@H]1C(C)(C)CCC[C@]21C. The zero-order valence-electron chi connectivity index (χ0n) is 16.9. The predicted molar refractivity (Wildman–Crippen MR) is 101 cm³/mol. The summed E-state index contributed by atoms with van der Waals surface area (Å²) < 4.78 is 0. The van der Waals surface area contributed by atoms with E-state index >= 15 is 0 Å². The topological polar surface area (TPSA) is 0 Å². The zero-order valence-corrected chi connectivity index (χ0v) is 16.9. The highest BCUT2D eigenvalue weighted by Gasteiger charge is 2.61. The Balaban J connectivity index is 1.92. The van der Waals surface area contributed by atoms with Gasteiger partial charge in [0.15, 0.2) is 0 Å². The lowest BCUT2D eigenvalue weighted by Gasteiger charge is -2.66. The summed E-state index contributed by atoms with van der Waals surface area (Å²) in [6.45, 7) is 15.5. The Morgan fingerprint density at radius 2 is 1.57 bits per heavy atom. The van der Waals surface area contributed by atoms with Crippen LogP contribution < -0.4 is 0 Å². The second-order valence-corrected chi connectivity index (χ2v) is 10.8. The molecule has 3 aliphatic carbocycles. The van der Waals surface area contributed by atoms with E-state index in [2.05, 4.69) is 41.5 Å². The van der Waals surface area contributed by atoms with E-state index in [9.17, 15) is 0 Å². The normalized spacial score (nSPS) is 49.3. The van der Waals surface area contributed by atoms with E-state index in [1.165, 1.54) is 64.2 Å². The van der Waals surface area contributed by atoms with Crippen molar-refractivity contribution in [2.24, 2.45) is 39.9 Å². The first-order valence-corrected chi connectivity index (χ1v) is 10.8. The van der Waals surface area contributed by atoms with Crippen molar-refractivity contribution in [3.8, 4) is 0 Å². The van der Waals surface area contributed by atoms with E-state index in [-0.39, 0.29) is 0 Å². The summed E-state index contributed by atoms with van der Waals surface area (Å²) in [7, 11) is 0. The van der Waals surface area contributed by atoms with Crippen LogP contribution in [-0.4, -0.2) is 0 Å². The molecule has 0 nitrogen and oxygen atoms in total. The second kappa shape index (κ2) is 6.06. The highest BCUT2D eigenvalue weighted by atomic mass is 14.7. The highest BCUT2D eigenvalue weighted by Crippen LogP contribution is 2.69. The molecule has 0 radical (unpaired) electrons. The van der Waals surface area contributed by atoms with Crippen molar-refractivity contribution in [3.63, 3.8) is 0 Å². The molecule has 6 atom stereocenters. The molecule has 0 aliphatic heterocycles. The largest absolute Gasteiger partial charge is 0.0654 e. The van der Waals surface area contributed by atoms with Crippen molar-refractivity contribution in [1.82, 2.24) is 0 Å². The molecule has 0 heteroatoms. The molecule has 0 N–H and O–H groups in total. The third-order valence-corrected chi connectivity index (χ3v) is 9.15. The maximum Gasteiger partial charge on any atom is -0.0259 e. The van der Waals surface area contributed by atoms with Crippen LogP contribution in [0.4, 0.5) is 0 Å². The van der Waals surface area contributed by atoms with Gasteiger partial charge in [-0.25, -0.2) is 0 Å². The Bertz CT molecular complexity index is 422. The molecule has 0 aromatic heterocycles. The molecule has 0 amide bonds. The second-order valence-electron chi connectivity index (χ2n) is 10.8. The van der Waals surface area contributed by atoms with Crippen LogP contribution in [0, 0.1) is 39.9 Å². The van der Waals surface area contributed by atoms with Crippen LogP contribution in [-0.2, 0) is 0 Å². The van der Waals surface area contributed by atoms with Crippen LogP contribution in [0.25, 0.3) is 0 Å². The van der Waals surface area contributed by atoms with E-state index in [0.717, 1.165) is 23.7 Å². The third-order valence-electron chi connectivity index (χ3n) is 9.15. The third kappa shape index (κ3) is 2.71. The summed E-state index contributed by atoms with van der Waals surface area (Å²) in [5.74, 6) is 3.91. The lowest BCUT2D eigenvalue weighted by atomic mass is 9.38. The predicted octanol–water partition coefficient (Wildman–Crippen LogP) is 7.47. The van der Waals surface area contributed by atoms with Crippen molar-refractivity contribution in [1.29, 1.82) is 0 Å². The van der Waals surface area contributed by atoms with Gasteiger partial charge in [0.25, 0.3) is 0 Å². The highest BCUT2D eigenvalue weighted by molar-refractivity contribution is 5.10. The summed E-state index contributed by atoms with van der Waals surface area (Å²) in [6.07, 6.45) is 14.8. The van der Waals surface area contributed by atoms with Crippen LogP contribution in [0.5, 0.6) is 0 Å². The Morgan fingerprint density at radius 3 is 2.26 bits per heavy atom. The van der Waals surface area contributed by atoms with Crippen LogP contribution in [0.3, 0.4) is 0 Å². The lowest BCUT2D eigenvalue weighted by molar-refractivity contribution is -0.174. The van der Waals surface area contributed by atoms with E-state index in [1.807, 2.05) is 0 Å². The van der Waals surface area contributed by atoms with Crippen LogP contribution >= 0.6 is 0 Å². The Kier molecular flexibility index (Phi) is 4.70. The first-order chi connectivity index (χ1) is 10.8. The summed E-state index contributed by atoms with van der Waals surface area (Å²) in [4.78, 5) is 0. The molecule has 0 aromatic rings. The summed E-state index contributed by atoms with van der Waals surface area (Å²) in [5.41, 5.74) is 1.83. The summed E-state index contributed by atoms with van der Waals surface area (Å²) in [6, 6.07) is 0. The molecule has 3 saturated carbocycles. The number of hydrogen-bond acceptors (Lipinski definition) is 0. The Hall–Kier alpha value is 0. The van der Waals surface area contributed by atoms with Gasteiger partial charge in [-0.1, -0.05) is 67.2 Å². The van der Waals surface area contributed by atoms with Crippen molar-refractivity contribution in [2.75, 3.05) is 0 Å². The van der Waals surface area contributed by atoms with Crippen molar-refractivity contribution in [2.45, 2.75) is 106 Å². The van der Waals surface area contributed by atoms with Gasteiger partial charge in [0.05, 0.1) is 0 Å². The maximum absolute atomic E-state index is 2.72.